The molecule has 3 aliphatic heterocycles. The Morgan fingerprint density at radius 1 is 0.493 bits per heavy atom. The molecular formula is C56H97NO18. The molecule has 0 saturated carbocycles. The minimum atomic E-state index is -1.98. The van der Waals surface area contributed by atoms with Crippen molar-refractivity contribution in [1.82, 2.24) is 5.32 Å². The van der Waals surface area contributed by atoms with Crippen molar-refractivity contribution in [3.63, 3.8) is 0 Å². The van der Waals surface area contributed by atoms with Gasteiger partial charge in [0.25, 0.3) is 0 Å². The second-order valence-corrected chi connectivity index (χ2v) is 20.0. The monoisotopic (exact) mass is 1070 g/mol. The molecule has 0 aromatic carbocycles. The lowest BCUT2D eigenvalue weighted by atomic mass is 9.96. The van der Waals surface area contributed by atoms with Crippen LogP contribution in [0.1, 0.15) is 155 Å². The molecule has 75 heavy (non-hydrogen) atoms. The van der Waals surface area contributed by atoms with E-state index in [2.05, 4.69) is 55.6 Å². The van der Waals surface area contributed by atoms with Gasteiger partial charge in [0.05, 0.1) is 38.6 Å². The molecule has 1 amide bonds. The summed E-state index contributed by atoms with van der Waals surface area (Å²) in [5.74, 6) is -0.358. The summed E-state index contributed by atoms with van der Waals surface area (Å²) in [5.41, 5.74) is 0. The molecule has 434 valence electrons. The van der Waals surface area contributed by atoms with Crippen molar-refractivity contribution < 1.29 is 89.4 Å². The predicted molar refractivity (Wildman–Crippen MR) is 282 cm³/mol. The van der Waals surface area contributed by atoms with Gasteiger partial charge >= 0.3 is 0 Å². The fourth-order valence-electron chi connectivity index (χ4n) is 9.20. The van der Waals surface area contributed by atoms with Crippen LogP contribution in [0.2, 0.25) is 0 Å². The standard InChI is InChI=1S/C56H97NO18/c1-3-5-7-9-11-13-15-17-18-19-20-22-23-25-27-29-31-33-40(61)39(57-44(62)34-32-30-28-26-24-21-16-14-12-10-8-6-4-2)38-70-54-50(68)47(65)52(42(36-59)72-54)75-56-51(69)48(66)53(43(37-60)73-56)74-55-49(67)46(64)45(63)41(35-58)71-55/h6,8,12,14,21,24,28,30-31,33,39-43,45-56,58-61,63-69H,3-5,7,9-11,13,15-20,22-23,25-27,29,32,34-38H2,1-2H3,(H,57,62)/b8-6-,14-12-,24-21-,30-28-,33-31+. The highest BCUT2D eigenvalue weighted by molar-refractivity contribution is 5.76. The van der Waals surface area contributed by atoms with Gasteiger partial charge in [-0.2, -0.15) is 0 Å². The minimum absolute atomic E-state index is 0.120. The fourth-order valence-corrected chi connectivity index (χ4v) is 9.20. The summed E-state index contributed by atoms with van der Waals surface area (Å²) >= 11 is 0. The van der Waals surface area contributed by atoms with Crippen molar-refractivity contribution in [2.45, 2.75) is 259 Å². The van der Waals surface area contributed by atoms with Crippen LogP contribution in [0.5, 0.6) is 0 Å². The van der Waals surface area contributed by atoms with E-state index in [-0.39, 0.29) is 18.9 Å². The van der Waals surface area contributed by atoms with Crippen LogP contribution in [0.25, 0.3) is 0 Å². The molecule has 3 heterocycles. The van der Waals surface area contributed by atoms with Crippen LogP contribution in [0.15, 0.2) is 60.8 Å². The number of carbonyl (C=O) groups is 1. The van der Waals surface area contributed by atoms with Crippen LogP contribution in [-0.2, 0) is 33.2 Å². The highest BCUT2D eigenvalue weighted by Crippen LogP contribution is 2.33. The summed E-state index contributed by atoms with van der Waals surface area (Å²) in [7, 11) is 0. The van der Waals surface area contributed by atoms with E-state index in [0.29, 0.717) is 12.8 Å². The SMILES string of the molecule is CC/C=C\C/C=C\C/C=C\C/C=C\CCC(=O)NC(COC1OC(CO)C(OC2OC(CO)C(OC3OC(CO)C(O)C(O)C3O)C(O)C2O)C(O)C1O)C(O)/C=C/CCCCCCCCCCCCCCCCC. The zero-order chi connectivity index (χ0) is 54.8. The quantitative estimate of drug-likeness (QED) is 0.0309. The molecule has 0 bridgehead atoms. The van der Waals surface area contributed by atoms with E-state index in [1.807, 2.05) is 18.2 Å². The molecule has 3 aliphatic rings. The van der Waals surface area contributed by atoms with Gasteiger partial charge in [-0.25, -0.2) is 0 Å². The van der Waals surface area contributed by atoms with E-state index in [9.17, 15) is 61.0 Å². The molecule has 17 atom stereocenters. The van der Waals surface area contributed by atoms with Crippen molar-refractivity contribution >= 4 is 5.91 Å². The second kappa shape index (κ2) is 39.8. The molecular weight excluding hydrogens is 975 g/mol. The van der Waals surface area contributed by atoms with Gasteiger partial charge in [0, 0.05) is 6.42 Å². The number of aliphatic hydroxyl groups excluding tert-OH is 11. The molecule has 0 radical (unpaired) electrons. The molecule has 19 nitrogen and oxygen atoms in total. The summed E-state index contributed by atoms with van der Waals surface area (Å²) in [5, 5.41) is 120. The highest BCUT2D eigenvalue weighted by atomic mass is 16.8. The van der Waals surface area contributed by atoms with Crippen molar-refractivity contribution in [3.8, 4) is 0 Å². The summed E-state index contributed by atoms with van der Waals surface area (Å²) in [6.45, 7) is 1.52. The number of unbranched alkanes of at least 4 members (excludes halogenated alkanes) is 15. The summed E-state index contributed by atoms with van der Waals surface area (Å²) < 4.78 is 34.1. The van der Waals surface area contributed by atoms with Gasteiger partial charge in [-0.05, 0) is 44.9 Å². The number of hydrogen-bond donors (Lipinski definition) is 12. The number of nitrogens with one attached hydrogen (secondary N) is 1. The Morgan fingerprint density at radius 3 is 1.41 bits per heavy atom. The lowest BCUT2D eigenvalue weighted by molar-refractivity contribution is -0.379. The van der Waals surface area contributed by atoms with E-state index in [1.165, 1.54) is 77.0 Å². The molecule has 0 aromatic rings. The Hall–Kier alpha value is -2.51. The van der Waals surface area contributed by atoms with Crippen LogP contribution in [0.4, 0.5) is 0 Å². The van der Waals surface area contributed by atoms with Gasteiger partial charge in [0.15, 0.2) is 18.9 Å². The number of allylic oxidation sites excluding steroid dienone is 9. The Kier molecular flexibility index (Phi) is 35.4. The van der Waals surface area contributed by atoms with Gasteiger partial charge in [-0.15, -0.1) is 0 Å². The van der Waals surface area contributed by atoms with Crippen LogP contribution in [0.3, 0.4) is 0 Å². The lowest BCUT2D eigenvalue weighted by Crippen LogP contribution is -2.66. The van der Waals surface area contributed by atoms with E-state index >= 15 is 0 Å². The zero-order valence-corrected chi connectivity index (χ0v) is 44.8. The number of ether oxygens (including phenoxy) is 6. The van der Waals surface area contributed by atoms with Crippen molar-refractivity contribution in [3.05, 3.63) is 60.8 Å². The van der Waals surface area contributed by atoms with Gasteiger partial charge in [-0.3, -0.25) is 4.79 Å². The van der Waals surface area contributed by atoms with E-state index in [1.54, 1.807) is 6.08 Å². The van der Waals surface area contributed by atoms with E-state index in [4.69, 9.17) is 28.4 Å². The number of aliphatic hydroxyl groups is 11. The predicted octanol–water partition coefficient (Wildman–Crippen LogP) is 3.70. The Bertz CT molecular complexity index is 1610. The van der Waals surface area contributed by atoms with Crippen LogP contribution >= 0.6 is 0 Å². The first-order chi connectivity index (χ1) is 36.3. The number of carbonyl (C=O) groups excluding carboxylic acids is 1. The van der Waals surface area contributed by atoms with Crippen LogP contribution in [0, 0.1) is 0 Å². The Labute approximate surface area is 445 Å². The molecule has 3 rings (SSSR count). The Balaban J connectivity index is 1.55. The molecule has 3 saturated heterocycles. The molecule has 3 fully saturated rings. The first-order valence-corrected chi connectivity index (χ1v) is 28.0. The number of hydrogen-bond acceptors (Lipinski definition) is 18. The Morgan fingerprint density at radius 2 is 0.920 bits per heavy atom. The van der Waals surface area contributed by atoms with Crippen molar-refractivity contribution in [2.75, 3.05) is 26.4 Å². The first-order valence-electron chi connectivity index (χ1n) is 28.0. The molecule has 19 heteroatoms. The van der Waals surface area contributed by atoms with Gasteiger partial charge in [-0.1, -0.05) is 164 Å². The smallest absolute Gasteiger partial charge is 0.220 e. The number of rotatable bonds is 39. The van der Waals surface area contributed by atoms with Gasteiger partial charge in [0.2, 0.25) is 5.91 Å². The second-order valence-electron chi connectivity index (χ2n) is 20.0. The average molecular weight is 1070 g/mol. The van der Waals surface area contributed by atoms with Crippen molar-refractivity contribution in [2.24, 2.45) is 0 Å². The number of amides is 1. The summed E-state index contributed by atoms with van der Waals surface area (Å²) in [6.07, 6.45) is 16.6. The maximum atomic E-state index is 13.2. The molecule has 17 unspecified atom stereocenters. The third-order valence-corrected chi connectivity index (χ3v) is 13.8. The third kappa shape index (κ3) is 24.6. The highest BCUT2D eigenvalue weighted by Gasteiger charge is 2.53. The fraction of sp³-hybridized carbons (Fsp3) is 0.804. The zero-order valence-electron chi connectivity index (χ0n) is 44.8. The van der Waals surface area contributed by atoms with Crippen molar-refractivity contribution in [1.29, 1.82) is 0 Å². The maximum Gasteiger partial charge on any atom is 0.220 e. The molecule has 0 aromatic heterocycles. The normalized spacial score (nSPS) is 31.7. The van der Waals surface area contributed by atoms with Crippen LogP contribution in [-0.4, -0.2) is 193 Å². The summed E-state index contributed by atoms with van der Waals surface area (Å²) in [6, 6.07) is -1.01. The van der Waals surface area contributed by atoms with Crippen LogP contribution < -0.4 is 5.32 Å². The summed E-state index contributed by atoms with van der Waals surface area (Å²) in [4.78, 5) is 13.2. The maximum absolute atomic E-state index is 13.2. The van der Waals surface area contributed by atoms with E-state index < -0.39 is 124 Å². The van der Waals surface area contributed by atoms with E-state index in [0.717, 1.165) is 44.9 Å². The average Bonchev–Trinajstić information content (AvgIpc) is 3.41. The van der Waals surface area contributed by atoms with Gasteiger partial charge in [0.1, 0.15) is 73.2 Å². The lowest BCUT2D eigenvalue weighted by Gasteiger charge is -2.48. The first kappa shape index (κ1) is 66.8. The molecule has 0 aliphatic carbocycles. The minimum Gasteiger partial charge on any atom is -0.394 e. The third-order valence-electron chi connectivity index (χ3n) is 13.8. The topological polar surface area (TPSA) is 307 Å². The molecule has 12 N–H and O–H groups in total. The molecule has 0 spiro atoms. The largest absolute Gasteiger partial charge is 0.394 e. The van der Waals surface area contributed by atoms with Gasteiger partial charge < -0.3 is 89.9 Å².